The van der Waals surface area contributed by atoms with E-state index in [2.05, 4.69) is 12.2 Å². The lowest BCUT2D eigenvalue weighted by Crippen LogP contribution is -2.22. The van der Waals surface area contributed by atoms with Crippen LogP contribution in [0.25, 0.3) is 0 Å². The molecule has 1 rings (SSSR count). The maximum atomic E-state index is 10.9. The average Bonchev–Trinajstić information content (AvgIpc) is 2.52. The number of benzene rings is 1. The number of nitrogens with zero attached hydrogens (tertiary/aromatic N) is 1. The van der Waals surface area contributed by atoms with E-state index in [0.717, 1.165) is 24.9 Å². The number of unbranched alkanes of at least 4 members (excludes halogenated alkanes) is 1. The number of nitrogens with one attached hydrogen (secondary N) is 1. The van der Waals surface area contributed by atoms with Crippen LogP contribution in [-0.4, -0.2) is 46.8 Å². The molecule has 0 atom stereocenters. The van der Waals surface area contributed by atoms with Gasteiger partial charge in [0.15, 0.2) is 5.75 Å². The highest BCUT2D eigenvalue weighted by molar-refractivity contribution is 6.27. The van der Waals surface area contributed by atoms with Crippen molar-refractivity contribution in [3.63, 3.8) is 0 Å². The molecule has 0 saturated heterocycles. The van der Waals surface area contributed by atoms with Gasteiger partial charge in [-0.2, -0.15) is 0 Å². The number of nitro groups is 1. The van der Waals surface area contributed by atoms with E-state index >= 15 is 0 Å². The van der Waals surface area contributed by atoms with E-state index in [4.69, 9.17) is 24.5 Å². The first-order valence-corrected chi connectivity index (χ1v) is 7.34. The fourth-order valence-electron chi connectivity index (χ4n) is 1.55. The summed E-state index contributed by atoms with van der Waals surface area (Å²) in [5, 5.41) is 28.9. The summed E-state index contributed by atoms with van der Waals surface area (Å²) >= 11 is 0. The highest BCUT2D eigenvalue weighted by Gasteiger charge is 2.14. The van der Waals surface area contributed by atoms with Crippen LogP contribution in [0.15, 0.2) is 18.2 Å². The van der Waals surface area contributed by atoms with Gasteiger partial charge in [0.2, 0.25) is 0 Å². The van der Waals surface area contributed by atoms with Crippen molar-refractivity contribution in [2.45, 2.75) is 26.7 Å². The average molecular weight is 342 g/mol. The number of rotatable bonds is 8. The van der Waals surface area contributed by atoms with Crippen molar-refractivity contribution in [3.05, 3.63) is 33.9 Å². The molecule has 3 N–H and O–H groups in total. The van der Waals surface area contributed by atoms with Crippen molar-refractivity contribution in [3.8, 4) is 5.75 Å². The van der Waals surface area contributed by atoms with Crippen molar-refractivity contribution >= 4 is 17.6 Å². The number of nitro benzene ring substituents is 1. The Kier molecular flexibility index (Phi) is 10.5. The first-order valence-electron chi connectivity index (χ1n) is 7.34. The Morgan fingerprint density at radius 1 is 1.25 bits per heavy atom. The van der Waals surface area contributed by atoms with Crippen LogP contribution >= 0.6 is 0 Å². The van der Waals surface area contributed by atoms with Gasteiger partial charge in [0.1, 0.15) is 6.61 Å². The maximum Gasteiger partial charge on any atom is 0.414 e. The zero-order chi connectivity index (χ0) is 18.5. The molecule has 1 aromatic carbocycles. The van der Waals surface area contributed by atoms with Gasteiger partial charge in [-0.05, 0) is 31.5 Å². The minimum atomic E-state index is -1.82. The molecule has 9 nitrogen and oxygen atoms in total. The fraction of sp³-hybridized carbons (Fsp3) is 0.467. The first kappa shape index (κ1) is 21.3. The SMILES string of the molecule is CCCCNCCOc1ccc(C)cc1[N+](=O)[O-].O=C(O)C(=O)O. The Labute approximate surface area is 139 Å². The van der Waals surface area contributed by atoms with E-state index < -0.39 is 16.9 Å². The van der Waals surface area contributed by atoms with Crippen molar-refractivity contribution in [2.75, 3.05) is 19.7 Å². The largest absolute Gasteiger partial charge is 0.485 e. The molecule has 0 unspecified atom stereocenters. The third-order valence-corrected chi connectivity index (χ3v) is 2.74. The van der Waals surface area contributed by atoms with Crippen molar-refractivity contribution in [1.82, 2.24) is 5.32 Å². The molecule has 0 fully saturated rings. The van der Waals surface area contributed by atoms with Gasteiger partial charge in [0, 0.05) is 12.6 Å². The fourth-order valence-corrected chi connectivity index (χ4v) is 1.55. The molecule has 0 saturated carbocycles. The van der Waals surface area contributed by atoms with Crippen LogP contribution in [0.4, 0.5) is 5.69 Å². The summed E-state index contributed by atoms with van der Waals surface area (Å²) in [6.07, 6.45) is 2.28. The number of aliphatic carboxylic acids is 2. The molecule has 0 aliphatic heterocycles. The predicted molar refractivity (Wildman–Crippen MR) is 86.4 cm³/mol. The third-order valence-electron chi connectivity index (χ3n) is 2.74. The molecule has 0 radical (unpaired) electrons. The van der Waals surface area contributed by atoms with Crippen LogP contribution in [-0.2, 0) is 9.59 Å². The third kappa shape index (κ3) is 9.36. The Balaban J connectivity index is 0.000000754. The lowest BCUT2D eigenvalue weighted by molar-refractivity contribution is -0.385. The Morgan fingerprint density at radius 3 is 2.38 bits per heavy atom. The first-order chi connectivity index (χ1) is 11.3. The minimum absolute atomic E-state index is 0.0311. The number of carbonyl (C=O) groups is 2. The summed E-state index contributed by atoms with van der Waals surface area (Å²) in [5.74, 6) is -3.31. The van der Waals surface area contributed by atoms with E-state index in [1.54, 1.807) is 6.07 Å². The van der Waals surface area contributed by atoms with Gasteiger partial charge in [-0.3, -0.25) is 10.1 Å². The second kappa shape index (κ2) is 11.8. The van der Waals surface area contributed by atoms with Gasteiger partial charge >= 0.3 is 17.6 Å². The predicted octanol–water partition coefficient (Wildman–Crippen LogP) is 1.83. The molecule has 0 spiro atoms. The monoisotopic (exact) mass is 342 g/mol. The van der Waals surface area contributed by atoms with Crippen LogP contribution < -0.4 is 10.1 Å². The Bertz CT molecular complexity index is 549. The van der Waals surface area contributed by atoms with E-state index in [0.29, 0.717) is 18.9 Å². The van der Waals surface area contributed by atoms with E-state index in [-0.39, 0.29) is 5.69 Å². The number of ether oxygens (including phenoxy) is 1. The minimum Gasteiger partial charge on any atom is -0.485 e. The van der Waals surface area contributed by atoms with Gasteiger partial charge in [0.05, 0.1) is 4.92 Å². The maximum absolute atomic E-state index is 10.9. The van der Waals surface area contributed by atoms with Crippen molar-refractivity contribution < 1.29 is 29.5 Å². The molecule has 0 amide bonds. The number of aryl methyl sites for hydroxylation is 1. The number of carboxylic acid groups (broad SMARTS) is 2. The van der Waals surface area contributed by atoms with Crippen LogP contribution in [0.2, 0.25) is 0 Å². The lowest BCUT2D eigenvalue weighted by Gasteiger charge is -2.08. The van der Waals surface area contributed by atoms with Crippen molar-refractivity contribution in [1.29, 1.82) is 0 Å². The van der Waals surface area contributed by atoms with Crippen LogP contribution in [0.1, 0.15) is 25.3 Å². The highest BCUT2D eigenvalue weighted by atomic mass is 16.6. The van der Waals surface area contributed by atoms with Crippen molar-refractivity contribution in [2.24, 2.45) is 0 Å². The molecule has 9 heteroatoms. The number of hydrogen-bond acceptors (Lipinski definition) is 6. The number of carboxylic acids is 2. The summed E-state index contributed by atoms with van der Waals surface area (Å²) < 4.78 is 5.43. The van der Waals surface area contributed by atoms with Gasteiger partial charge < -0.3 is 20.3 Å². The molecule has 0 bridgehead atoms. The second-order valence-electron chi connectivity index (χ2n) is 4.79. The molecule has 0 aromatic heterocycles. The summed E-state index contributed by atoms with van der Waals surface area (Å²) in [5.41, 5.74) is 0.888. The number of hydrogen-bond donors (Lipinski definition) is 3. The summed E-state index contributed by atoms with van der Waals surface area (Å²) in [7, 11) is 0. The zero-order valence-electron chi connectivity index (χ0n) is 13.7. The Morgan fingerprint density at radius 2 is 1.88 bits per heavy atom. The molecular weight excluding hydrogens is 320 g/mol. The smallest absolute Gasteiger partial charge is 0.414 e. The highest BCUT2D eigenvalue weighted by Crippen LogP contribution is 2.27. The standard InChI is InChI=1S/C13H20N2O3.C2H2O4/c1-3-4-7-14-8-9-18-13-6-5-11(2)10-12(13)15(16)17;3-1(4)2(5)6/h5-6,10,14H,3-4,7-9H2,1-2H3;(H,3,4)(H,5,6). The molecule has 24 heavy (non-hydrogen) atoms. The molecule has 134 valence electrons. The van der Waals surface area contributed by atoms with Gasteiger partial charge in [-0.15, -0.1) is 0 Å². The van der Waals surface area contributed by atoms with E-state index in [9.17, 15) is 10.1 Å². The topological polar surface area (TPSA) is 139 Å². The second-order valence-corrected chi connectivity index (χ2v) is 4.79. The molecule has 1 aromatic rings. The van der Waals surface area contributed by atoms with E-state index in [1.165, 1.54) is 6.07 Å². The Hall–Kier alpha value is -2.68. The molecule has 0 heterocycles. The summed E-state index contributed by atoms with van der Waals surface area (Å²) in [4.78, 5) is 28.6. The van der Waals surface area contributed by atoms with Gasteiger partial charge in [-0.25, -0.2) is 9.59 Å². The summed E-state index contributed by atoms with van der Waals surface area (Å²) in [6.45, 7) is 6.05. The van der Waals surface area contributed by atoms with Crippen LogP contribution in [0, 0.1) is 17.0 Å². The van der Waals surface area contributed by atoms with Crippen LogP contribution in [0.5, 0.6) is 5.75 Å². The summed E-state index contributed by atoms with van der Waals surface area (Å²) in [6, 6.07) is 4.99. The van der Waals surface area contributed by atoms with E-state index in [1.807, 2.05) is 13.0 Å². The molecule has 0 aliphatic carbocycles. The van der Waals surface area contributed by atoms with Gasteiger partial charge in [0.25, 0.3) is 0 Å². The zero-order valence-corrected chi connectivity index (χ0v) is 13.7. The molecule has 0 aliphatic rings. The van der Waals surface area contributed by atoms with Crippen LogP contribution in [0.3, 0.4) is 0 Å². The molecular formula is C15H22N2O7. The van der Waals surface area contributed by atoms with Gasteiger partial charge in [-0.1, -0.05) is 19.4 Å². The lowest BCUT2D eigenvalue weighted by atomic mass is 10.2. The quantitative estimate of drug-likeness (QED) is 0.281. The normalized spacial score (nSPS) is 9.58.